The predicted octanol–water partition coefficient (Wildman–Crippen LogP) is 1.32. The number of aliphatic imine (C=N–C) groups is 2. The van der Waals surface area contributed by atoms with E-state index in [-0.39, 0.29) is 23.7 Å². The number of fused-ring (bicyclic) bond motifs is 1. The molecule has 7 heteroatoms. The molecule has 0 radical (unpaired) electrons. The van der Waals surface area contributed by atoms with Crippen molar-refractivity contribution < 1.29 is 19.4 Å². The van der Waals surface area contributed by atoms with Crippen LogP contribution in [0, 0.1) is 5.92 Å². The first-order valence-electron chi connectivity index (χ1n) is 7.29. The highest BCUT2D eigenvalue weighted by molar-refractivity contribution is 6.24. The van der Waals surface area contributed by atoms with Crippen LogP contribution in [0.25, 0.3) is 0 Å². The van der Waals surface area contributed by atoms with Crippen LogP contribution in [0.4, 0.5) is 0 Å². The molecule has 1 aromatic rings. The molecule has 2 amide bonds. The molecule has 2 aliphatic heterocycles. The lowest BCUT2D eigenvalue weighted by atomic mass is 9.96. The van der Waals surface area contributed by atoms with Crippen molar-refractivity contribution in [2.45, 2.75) is 6.54 Å². The van der Waals surface area contributed by atoms with Crippen LogP contribution in [-0.4, -0.2) is 36.1 Å². The monoisotopic (exact) mass is 325 g/mol. The van der Waals surface area contributed by atoms with Crippen molar-refractivity contribution in [3.05, 3.63) is 53.3 Å². The van der Waals surface area contributed by atoms with Crippen LogP contribution in [0.15, 0.2) is 57.7 Å². The number of benzene rings is 1. The van der Waals surface area contributed by atoms with Crippen LogP contribution in [0.2, 0.25) is 0 Å². The fourth-order valence-corrected chi connectivity index (χ4v) is 2.51. The van der Waals surface area contributed by atoms with Gasteiger partial charge in [0.15, 0.2) is 0 Å². The number of amides is 2. The topological polar surface area (TPSA) is 100 Å². The summed E-state index contributed by atoms with van der Waals surface area (Å²) < 4.78 is 5.21. The van der Waals surface area contributed by atoms with E-state index in [2.05, 4.69) is 15.3 Å². The highest BCUT2D eigenvalue weighted by atomic mass is 16.5. The number of dihydropyridines is 2. The number of para-hydroxylation sites is 1. The molecule has 0 aliphatic carbocycles. The molecule has 1 unspecified atom stereocenters. The average Bonchev–Trinajstić information content (AvgIpc) is 2.60. The van der Waals surface area contributed by atoms with Gasteiger partial charge in [0.25, 0.3) is 11.8 Å². The maximum atomic E-state index is 12.3. The Morgan fingerprint density at radius 2 is 2.17 bits per heavy atom. The Hall–Kier alpha value is -3.22. The summed E-state index contributed by atoms with van der Waals surface area (Å²) in [4.78, 5) is 32.1. The van der Waals surface area contributed by atoms with E-state index in [1.54, 1.807) is 24.3 Å². The number of carbonyl (C=O) groups excluding carboxylic acids is 2. The summed E-state index contributed by atoms with van der Waals surface area (Å²) in [6.45, 7) is 0.155. The van der Waals surface area contributed by atoms with Gasteiger partial charge in [-0.2, -0.15) is 4.99 Å². The van der Waals surface area contributed by atoms with Crippen LogP contribution in [0.3, 0.4) is 0 Å². The largest absolute Gasteiger partial charge is 0.510 e. The summed E-state index contributed by atoms with van der Waals surface area (Å²) in [6, 6.07) is 7.19. The lowest BCUT2D eigenvalue weighted by Crippen LogP contribution is -2.34. The summed E-state index contributed by atoms with van der Waals surface area (Å²) in [6.07, 6.45) is 4.73. The predicted molar refractivity (Wildman–Crippen MR) is 88.1 cm³/mol. The SMILES string of the molecule is COc1ccccc1CNC(=O)C1=C(O)C2C=CC=NC2=NC1=O. The van der Waals surface area contributed by atoms with Gasteiger partial charge in [-0.3, -0.25) is 9.59 Å². The Bertz CT molecular complexity index is 821. The molecule has 0 bridgehead atoms. The van der Waals surface area contributed by atoms with Crippen molar-refractivity contribution in [3.8, 4) is 5.75 Å². The lowest BCUT2D eigenvalue weighted by molar-refractivity contribution is -0.122. The van der Waals surface area contributed by atoms with Crippen molar-refractivity contribution in [3.63, 3.8) is 0 Å². The second-order valence-corrected chi connectivity index (χ2v) is 5.17. The number of carbonyl (C=O) groups is 2. The Morgan fingerprint density at radius 3 is 2.96 bits per heavy atom. The molecule has 2 aliphatic rings. The molecule has 1 atom stereocenters. The van der Waals surface area contributed by atoms with Crippen molar-refractivity contribution in [1.82, 2.24) is 5.32 Å². The molecule has 0 saturated heterocycles. The number of methoxy groups -OCH3 is 1. The highest BCUT2D eigenvalue weighted by Gasteiger charge is 2.34. The molecule has 3 rings (SSSR count). The normalized spacial score (nSPS) is 19.0. The number of nitrogens with zero attached hydrogens (tertiary/aromatic N) is 2. The fraction of sp³-hybridized carbons (Fsp3) is 0.176. The van der Waals surface area contributed by atoms with E-state index in [0.717, 1.165) is 5.56 Å². The zero-order chi connectivity index (χ0) is 17.1. The van der Waals surface area contributed by atoms with Gasteiger partial charge < -0.3 is 15.2 Å². The van der Waals surface area contributed by atoms with Gasteiger partial charge in [-0.15, -0.1) is 0 Å². The second kappa shape index (κ2) is 6.49. The second-order valence-electron chi connectivity index (χ2n) is 5.17. The molecule has 2 N–H and O–H groups in total. The van der Waals surface area contributed by atoms with E-state index < -0.39 is 17.7 Å². The molecule has 24 heavy (non-hydrogen) atoms. The van der Waals surface area contributed by atoms with E-state index in [1.807, 2.05) is 12.1 Å². The van der Waals surface area contributed by atoms with Crippen molar-refractivity contribution in [1.29, 1.82) is 0 Å². The third kappa shape index (κ3) is 2.83. The first kappa shape index (κ1) is 15.7. The van der Waals surface area contributed by atoms with E-state index in [4.69, 9.17) is 4.74 Å². The maximum absolute atomic E-state index is 12.3. The summed E-state index contributed by atoms with van der Waals surface area (Å²) in [7, 11) is 1.53. The summed E-state index contributed by atoms with van der Waals surface area (Å²) in [5.74, 6) is -1.69. The quantitative estimate of drug-likeness (QED) is 0.815. The van der Waals surface area contributed by atoms with E-state index >= 15 is 0 Å². The van der Waals surface area contributed by atoms with Crippen LogP contribution >= 0.6 is 0 Å². The van der Waals surface area contributed by atoms with Crippen molar-refractivity contribution in [2.75, 3.05) is 7.11 Å². The van der Waals surface area contributed by atoms with Gasteiger partial charge in [-0.1, -0.05) is 24.3 Å². The Balaban J connectivity index is 1.78. The number of allylic oxidation sites excluding steroid dienone is 1. The lowest BCUT2D eigenvalue weighted by Gasteiger charge is -2.20. The molecule has 7 nitrogen and oxygen atoms in total. The van der Waals surface area contributed by atoms with Crippen LogP contribution in [0.1, 0.15) is 5.56 Å². The van der Waals surface area contributed by atoms with Crippen molar-refractivity contribution >= 4 is 23.9 Å². The Labute approximate surface area is 138 Å². The van der Waals surface area contributed by atoms with Crippen LogP contribution in [-0.2, 0) is 16.1 Å². The van der Waals surface area contributed by atoms with E-state index in [9.17, 15) is 14.7 Å². The average molecular weight is 325 g/mol. The molecular weight excluding hydrogens is 310 g/mol. The number of aliphatic hydroxyl groups excluding tert-OH is 1. The molecule has 0 aromatic heterocycles. The molecule has 0 saturated carbocycles. The van der Waals surface area contributed by atoms with E-state index in [1.165, 1.54) is 13.3 Å². The number of amidine groups is 1. The highest BCUT2D eigenvalue weighted by Crippen LogP contribution is 2.25. The number of ether oxygens (including phenoxy) is 1. The number of hydrogen-bond donors (Lipinski definition) is 2. The number of aliphatic hydroxyl groups is 1. The third-order valence-corrected chi connectivity index (χ3v) is 3.71. The van der Waals surface area contributed by atoms with Gasteiger partial charge in [0.2, 0.25) is 0 Å². The van der Waals surface area contributed by atoms with Gasteiger partial charge >= 0.3 is 0 Å². The zero-order valence-corrected chi connectivity index (χ0v) is 12.9. The minimum absolute atomic E-state index is 0.155. The summed E-state index contributed by atoms with van der Waals surface area (Å²) in [5.41, 5.74) is 0.392. The van der Waals surface area contributed by atoms with Gasteiger partial charge in [-0.25, -0.2) is 4.99 Å². The smallest absolute Gasteiger partial charge is 0.287 e. The van der Waals surface area contributed by atoms with Gasteiger partial charge in [-0.05, 0) is 12.1 Å². The number of hydrogen-bond acceptors (Lipinski definition) is 5. The summed E-state index contributed by atoms with van der Waals surface area (Å²) >= 11 is 0. The molecule has 0 spiro atoms. The Kier molecular flexibility index (Phi) is 4.24. The Morgan fingerprint density at radius 1 is 1.38 bits per heavy atom. The first-order valence-corrected chi connectivity index (χ1v) is 7.29. The first-order chi connectivity index (χ1) is 11.6. The zero-order valence-electron chi connectivity index (χ0n) is 12.9. The molecule has 1 aromatic carbocycles. The number of nitrogens with one attached hydrogen (secondary N) is 1. The molecule has 2 heterocycles. The van der Waals surface area contributed by atoms with Crippen LogP contribution < -0.4 is 10.1 Å². The van der Waals surface area contributed by atoms with Gasteiger partial charge in [0, 0.05) is 18.3 Å². The molecule has 0 fully saturated rings. The van der Waals surface area contributed by atoms with Crippen molar-refractivity contribution in [2.24, 2.45) is 15.9 Å². The molecular formula is C17H15N3O4. The number of rotatable bonds is 4. The standard InChI is InChI=1S/C17H15N3O4/c1-24-12-7-3-2-5-10(12)9-19-16(22)13-14(21)11-6-4-8-18-15(11)20-17(13)23/h2-8,11,21H,9H2,1H3,(H,19,22). The fourth-order valence-electron chi connectivity index (χ4n) is 2.51. The third-order valence-electron chi connectivity index (χ3n) is 3.71. The minimum atomic E-state index is -0.802. The summed E-state index contributed by atoms with van der Waals surface area (Å²) in [5, 5.41) is 12.9. The van der Waals surface area contributed by atoms with Gasteiger partial charge in [0.1, 0.15) is 22.9 Å². The van der Waals surface area contributed by atoms with Crippen LogP contribution in [0.5, 0.6) is 5.75 Å². The molecule has 122 valence electrons. The minimum Gasteiger partial charge on any atom is -0.510 e. The maximum Gasteiger partial charge on any atom is 0.287 e. The van der Waals surface area contributed by atoms with Gasteiger partial charge in [0.05, 0.1) is 13.0 Å². The van der Waals surface area contributed by atoms with E-state index in [0.29, 0.717) is 5.75 Å².